The number of aromatic nitrogens is 2. The molecule has 0 radical (unpaired) electrons. The minimum atomic E-state index is -0.00285. The van der Waals surface area contributed by atoms with Crippen LogP contribution in [0.1, 0.15) is 18.5 Å². The molecule has 6 nitrogen and oxygen atoms in total. The van der Waals surface area contributed by atoms with E-state index in [4.69, 9.17) is 4.74 Å². The molecule has 0 atom stereocenters. The second kappa shape index (κ2) is 8.12. The number of nitrogens with zero attached hydrogens (tertiary/aromatic N) is 3. The summed E-state index contributed by atoms with van der Waals surface area (Å²) in [5, 5.41) is 3.01. The van der Waals surface area contributed by atoms with Gasteiger partial charge in [0.15, 0.2) is 0 Å². The first kappa shape index (κ1) is 17.4. The topological polar surface area (TPSA) is 58.9 Å². The van der Waals surface area contributed by atoms with Gasteiger partial charge in [-0.1, -0.05) is 24.3 Å². The molecule has 27 heavy (non-hydrogen) atoms. The summed E-state index contributed by atoms with van der Waals surface area (Å²) < 4.78 is 7.98. The van der Waals surface area contributed by atoms with Crippen LogP contribution in [0.3, 0.4) is 0 Å². The molecule has 2 aromatic heterocycles. The molecule has 1 aliphatic rings. The third-order valence-electron chi connectivity index (χ3n) is 4.85. The molecule has 2 amide bonds. The Morgan fingerprint density at radius 3 is 2.67 bits per heavy atom. The molecular formula is C21H24N4O2. The fraction of sp³-hybridized carbons (Fsp3) is 0.333. The van der Waals surface area contributed by atoms with Crippen molar-refractivity contribution in [3.05, 3.63) is 66.6 Å². The minimum Gasteiger partial charge on any atom is -0.490 e. The van der Waals surface area contributed by atoms with Crippen molar-refractivity contribution in [2.45, 2.75) is 25.4 Å². The van der Waals surface area contributed by atoms with Crippen molar-refractivity contribution in [3.8, 4) is 5.75 Å². The molecule has 1 N–H and O–H groups in total. The van der Waals surface area contributed by atoms with E-state index in [1.807, 2.05) is 70.2 Å². The van der Waals surface area contributed by atoms with Gasteiger partial charge in [-0.15, -0.1) is 0 Å². The summed E-state index contributed by atoms with van der Waals surface area (Å²) in [6.45, 7) is 2.03. The molecule has 0 aliphatic carbocycles. The number of nitrogens with one attached hydrogen (secondary N) is 1. The number of carbonyl (C=O) groups is 1. The molecule has 3 heterocycles. The van der Waals surface area contributed by atoms with Crippen molar-refractivity contribution in [2.75, 3.05) is 19.6 Å². The van der Waals surface area contributed by atoms with Crippen LogP contribution in [0.4, 0.5) is 4.79 Å². The van der Waals surface area contributed by atoms with Gasteiger partial charge in [-0.2, -0.15) is 0 Å². The summed E-state index contributed by atoms with van der Waals surface area (Å²) in [6, 6.07) is 15.8. The van der Waals surface area contributed by atoms with Gasteiger partial charge < -0.3 is 19.4 Å². The lowest BCUT2D eigenvalue weighted by atomic mass is 10.1. The van der Waals surface area contributed by atoms with E-state index in [9.17, 15) is 4.79 Å². The van der Waals surface area contributed by atoms with Gasteiger partial charge in [-0.3, -0.25) is 0 Å². The Labute approximate surface area is 158 Å². The summed E-state index contributed by atoms with van der Waals surface area (Å²) in [6.07, 6.45) is 6.60. The minimum absolute atomic E-state index is 0.00285. The van der Waals surface area contributed by atoms with Crippen molar-refractivity contribution in [2.24, 2.45) is 0 Å². The van der Waals surface area contributed by atoms with Crippen LogP contribution in [0.5, 0.6) is 5.75 Å². The van der Waals surface area contributed by atoms with E-state index in [0.29, 0.717) is 6.54 Å². The number of imidazole rings is 1. The molecule has 4 rings (SSSR count). The van der Waals surface area contributed by atoms with Crippen molar-refractivity contribution in [1.82, 2.24) is 19.6 Å². The van der Waals surface area contributed by atoms with Crippen LogP contribution in [-0.4, -0.2) is 46.1 Å². The van der Waals surface area contributed by atoms with Crippen LogP contribution in [0, 0.1) is 0 Å². The Morgan fingerprint density at radius 2 is 1.89 bits per heavy atom. The predicted octanol–water partition coefficient (Wildman–Crippen LogP) is 3.13. The second-order valence-corrected chi connectivity index (χ2v) is 6.80. The van der Waals surface area contributed by atoms with Gasteiger partial charge in [-0.25, -0.2) is 9.78 Å². The number of urea groups is 1. The third-order valence-corrected chi connectivity index (χ3v) is 4.85. The predicted molar refractivity (Wildman–Crippen MR) is 104 cm³/mol. The Bertz CT molecular complexity index is 852. The van der Waals surface area contributed by atoms with Crippen LogP contribution in [0.2, 0.25) is 0 Å². The maximum Gasteiger partial charge on any atom is 0.317 e. The summed E-state index contributed by atoms with van der Waals surface area (Å²) >= 11 is 0. The molecule has 1 fully saturated rings. The van der Waals surface area contributed by atoms with Gasteiger partial charge in [0, 0.05) is 51.3 Å². The zero-order valence-corrected chi connectivity index (χ0v) is 15.3. The average Bonchev–Trinajstić information content (AvgIpc) is 3.12. The zero-order valence-electron chi connectivity index (χ0n) is 15.3. The highest BCUT2D eigenvalue weighted by Crippen LogP contribution is 2.18. The van der Waals surface area contributed by atoms with Crippen LogP contribution < -0.4 is 10.1 Å². The highest BCUT2D eigenvalue weighted by Gasteiger charge is 2.23. The molecule has 0 bridgehead atoms. The van der Waals surface area contributed by atoms with Crippen molar-refractivity contribution >= 4 is 11.7 Å². The van der Waals surface area contributed by atoms with Gasteiger partial charge >= 0.3 is 6.03 Å². The Morgan fingerprint density at radius 1 is 1.11 bits per heavy atom. The normalized spacial score (nSPS) is 15.0. The lowest BCUT2D eigenvalue weighted by Gasteiger charge is -2.32. The van der Waals surface area contributed by atoms with Crippen LogP contribution >= 0.6 is 0 Å². The molecule has 0 unspecified atom stereocenters. The van der Waals surface area contributed by atoms with Gasteiger partial charge in [0.25, 0.3) is 0 Å². The van der Waals surface area contributed by atoms with E-state index in [2.05, 4.69) is 10.3 Å². The van der Waals surface area contributed by atoms with E-state index in [0.717, 1.165) is 49.4 Å². The van der Waals surface area contributed by atoms with Gasteiger partial charge in [0.1, 0.15) is 17.5 Å². The molecule has 1 saturated heterocycles. The number of piperidine rings is 1. The Balaban J connectivity index is 1.20. The average molecular weight is 364 g/mol. The summed E-state index contributed by atoms with van der Waals surface area (Å²) in [4.78, 5) is 18.8. The Hall–Kier alpha value is -3.02. The highest BCUT2D eigenvalue weighted by atomic mass is 16.5. The molecule has 140 valence electrons. The van der Waals surface area contributed by atoms with Crippen molar-refractivity contribution in [1.29, 1.82) is 0 Å². The quantitative estimate of drug-likeness (QED) is 0.757. The fourth-order valence-corrected chi connectivity index (χ4v) is 3.39. The number of likely N-dealkylation sites (tertiary alicyclic amines) is 1. The van der Waals surface area contributed by atoms with Crippen molar-refractivity contribution in [3.63, 3.8) is 0 Å². The lowest BCUT2D eigenvalue weighted by Crippen LogP contribution is -2.46. The van der Waals surface area contributed by atoms with E-state index in [1.165, 1.54) is 0 Å². The monoisotopic (exact) mass is 364 g/mol. The summed E-state index contributed by atoms with van der Waals surface area (Å²) in [7, 11) is 0. The van der Waals surface area contributed by atoms with Gasteiger partial charge in [-0.05, 0) is 24.3 Å². The molecule has 3 aromatic rings. The van der Waals surface area contributed by atoms with Crippen LogP contribution in [-0.2, 0) is 6.42 Å². The number of amides is 2. The standard InChI is InChI=1S/C21H24N4O2/c26-21(22-12-9-17-16-25-13-5-4-8-20(25)23-17)24-14-10-19(11-15-24)27-18-6-2-1-3-7-18/h1-8,13,16,19H,9-12,14-15H2,(H,22,26). The first-order valence-electron chi connectivity index (χ1n) is 9.45. The SMILES string of the molecule is O=C(NCCc1cn2ccccc2n1)N1CCC(Oc2ccccc2)CC1. The Kier molecular flexibility index (Phi) is 5.23. The molecule has 6 heteroatoms. The summed E-state index contributed by atoms with van der Waals surface area (Å²) in [5.41, 5.74) is 1.91. The van der Waals surface area contributed by atoms with Crippen LogP contribution in [0.25, 0.3) is 5.65 Å². The molecular weight excluding hydrogens is 340 g/mol. The molecule has 1 aromatic carbocycles. The number of hydrogen-bond acceptors (Lipinski definition) is 3. The van der Waals surface area contributed by atoms with Gasteiger partial charge in [0.05, 0.1) is 5.69 Å². The number of benzene rings is 1. The number of hydrogen-bond donors (Lipinski definition) is 1. The molecule has 0 saturated carbocycles. The first-order valence-corrected chi connectivity index (χ1v) is 9.45. The van der Waals surface area contributed by atoms with Crippen molar-refractivity contribution < 1.29 is 9.53 Å². The zero-order chi connectivity index (χ0) is 18.5. The largest absolute Gasteiger partial charge is 0.490 e. The second-order valence-electron chi connectivity index (χ2n) is 6.80. The maximum atomic E-state index is 12.4. The van der Waals surface area contributed by atoms with Gasteiger partial charge in [0.2, 0.25) is 0 Å². The smallest absolute Gasteiger partial charge is 0.317 e. The summed E-state index contributed by atoms with van der Waals surface area (Å²) in [5.74, 6) is 0.896. The molecule has 1 aliphatic heterocycles. The number of para-hydroxylation sites is 1. The number of fused-ring (bicyclic) bond motifs is 1. The maximum absolute atomic E-state index is 12.4. The number of rotatable bonds is 5. The molecule has 0 spiro atoms. The highest BCUT2D eigenvalue weighted by molar-refractivity contribution is 5.74. The first-order chi connectivity index (χ1) is 13.3. The van der Waals surface area contributed by atoms with Crippen LogP contribution in [0.15, 0.2) is 60.9 Å². The lowest BCUT2D eigenvalue weighted by molar-refractivity contribution is 0.111. The third kappa shape index (κ3) is 4.39. The van der Waals surface area contributed by atoms with E-state index in [1.54, 1.807) is 0 Å². The van der Waals surface area contributed by atoms with E-state index < -0.39 is 0 Å². The number of carbonyl (C=O) groups excluding carboxylic acids is 1. The van der Waals surface area contributed by atoms with E-state index in [-0.39, 0.29) is 12.1 Å². The fourth-order valence-electron chi connectivity index (χ4n) is 3.39. The number of ether oxygens (including phenoxy) is 1. The van der Waals surface area contributed by atoms with E-state index >= 15 is 0 Å². The number of pyridine rings is 1.